The average Bonchev–Trinajstić information content (AvgIpc) is 3.21. The van der Waals surface area contributed by atoms with Gasteiger partial charge in [0, 0.05) is 12.2 Å². The lowest BCUT2D eigenvalue weighted by molar-refractivity contribution is -0.113. The number of aryl methyl sites for hydroxylation is 1. The van der Waals surface area contributed by atoms with E-state index < -0.39 is 0 Å². The van der Waals surface area contributed by atoms with Crippen molar-refractivity contribution in [2.24, 2.45) is 0 Å². The minimum atomic E-state index is -0.257. The Hall–Kier alpha value is -2.80. The third-order valence-corrected chi connectivity index (χ3v) is 6.23. The number of hydrogen-bond acceptors (Lipinski definition) is 5. The first-order valence-corrected chi connectivity index (χ1v) is 12.1. The lowest BCUT2D eigenvalue weighted by Crippen LogP contribution is -2.15. The zero-order valence-electron chi connectivity index (χ0n) is 19.5. The maximum Gasteiger partial charge on any atom is 0.234 e. The molecule has 3 rings (SSSR count). The van der Waals surface area contributed by atoms with Crippen LogP contribution < -0.4 is 10.1 Å². The molecule has 0 fully saturated rings. The van der Waals surface area contributed by atoms with Crippen molar-refractivity contribution in [1.29, 1.82) is 0 Å². The van der Waals surface area contributed by atoms with Gasteiger partial charge in [0.2, 0.25) is 5.91 Å². The number of carbonyl (C=O) groups is 1. The Bertz CT molecular complexity index is 1010. The zero-order chi connectivity index (χ0) is 23.1. The smallest absolute Gasteiger partial charge is 0.234 e. The molecule has 1 amide bonds. The molecule has 0 saturated heterocycles. The lowest BCUT2D eigenvalue weighted by Gasteiger charge is -2.16. The molecule has 0 aliphatic rings. The van der Waals surface area contributed by atoms with Crippen LogP contribution in [0.1, 0.15) is 63.6 Å². The Kier molecular flexibility index (Phi) is 8.33. The van der Waals surface area contributed by atoms with Gasteiger partial charge in [-0.2, -0.15) is 0 Å². The number of benzene rings is 2. The van der Waals surface area contributed by atoms with E-state index in [1.54, 1.807) is 0 Å². The molecule has 0 saturated carbocycles. The Labute approximate surface area is 194 Å². The molecule has 1 unspecified atom stereocenters. The first-order chi connectivity index (χ1) is 15.4. The Morgan fingerprint density at radius 2 is 1.72 bits per heavy atom. The van der Waals surface area contributed by atoms with Crippen LogP contribution in [0.25, 0.3) is 0 Å². The highest BCUT2D eigenvalue weighted by Crippen LogP contribution is 2.26. The van der Waals surface area contributed by atoms with Gasteiger partial charge in [-0.3, -0.25) is 4.79 Å². The van der Waals surface area contributed by atoms with Crippen LogP contribution in [0.3, 0.4) is 0 Å². The van der Waals surface area contributed by atoms with Crippen LogP contribution in [0.4, 0.5) is 5.69 Å². The van der Waals surface area contributed by atoms with Gasteiger partial charge in [0.1, 0.15) is 5.75 Å². The molecule has 3 aromatic rings. The van der Waals surface area contributed by atoms with Crippen molar-refractivity contribution in [3.63, 3.8) is 0 Å². The van der Waals surface area contributed by atoms with Gasteiger partial charge in [-0.15, -0.1) is 10.2 Å². The predicted octanol–water partition coefficient (Wildman–Crippen LogP) is 5.85. The lowest BCUT2D eigenvalue weighted by atomic mass is 10.0. The molecule has 0 aliphatic heterocycles. The molecule has 1 N–H and O–H groups in total. The maximum absolute atomic E-state index is 12.4. The summed E-state index contributed by atoms with van der Waals surface area (Å²) in [5.74, 6) is 2.23. The SMILES string of the molecule is CCc1ccc(NC(=O)CSc2nnc(C(C)Oc3ccc(C(C)C)cc3)n2CC)cc1. The van der Waals surface area contributed by atoms with E-state index in [-0.39, 0.29) is 17.8 Å². The highest BCUT2D eigenvalue weighted by Gasteiger charge is 2.19. The Morgan fingerprint density at radius 1 is 1.03 bits per heavy atom. The number of nitrogens with zero attached hydrogens (tertiary/aromatic N) is 3. The van der Waals surface area contributed by atoms with Crippen molar-refractivity contribution >= 4 is 23.4 Å². The number of nitrogens with one attached hydrogen (secondary N) is 1. The van der Waals surface area contributed by atoms with E-state index in [2.05, 4.69) is 48.4 Å². The highest BCUT2D eigenvalue weighted by molar-refractivity contribution is 7.99. The largest absolute Gasteiger partial charge is 0.483 e. The third-order valence-electron chi connectivity index (χ3n) is 5.26. The fourth-order valence-corrected chi connectivity index (χ4v) is 4.15. The fourth-order valence-electron chi connectivity index (χ4n) is 3.34. The summed E-state index contributed by atoms with van der Waals surface area (Å²) in [5, 5.41) is 12.3. The molecule has 6 nitrogen and oxygen atoms in total. The van der Waals surface area contributed by atoms with Crippen molar-refractivity contribution in [1.82, 2.24) is 14.8 Å². The molecule has 0 radical (unpaired) electrons. The molecule has 2 aromatic carbocycles. The van der Waals surface area contributed by atoms with Crippen LogP contribution in [-0.4, -0.2) is 26.4 Å². The molecular weight excluding hydrogens is 420 g/mol. The maximum atomic E-state index is 12.4. The van der Waals surface area contributed by atoms with Gasteiger partial charge >= 0.3 is 0 Å². The van der Waals surface area contributed by atoms with E-state index in [4.69, 9.17) is 4.74 Å². The molecule has 32 heavy (non-hydrogen) atoms. The predicted molar refractivity (Wildman–Crippen MR) is 130 cm³/mol. The molecule has 170 valence electrons. The number of rotatable bonds is 10. The summed E-state index contributed by atoms with van der Waals surface area (Å²) >= 11 is 1.38. The summed E-state index contributed by atoms with van der Waals surface area (Å²) in [5.41, 5.74) is 3.32. The standard InChI is InChI=1S/C25H32N4O2S/c1-6-19-8-12-21(13-9-19)26-23(30)16-32-25-28-27-24(29(25)7-2)18(5)31-22-14-10-20(11-15-22)17(3)4/h8-15,17-18H,6-7,16H2,1-5H3,(H,26,30). The minimum absolute atomic E-state index is 0.0685. The van der Waals surface area contributed by atoms with Gasteiger partial charge in [0.15, 0.2) is 17.1 Å². The molecule has 0 spiro atoms. The van der Waals surface area contributed by atoms with E-state index >= 15 is 0 Å². The molecule has 7 heteroatoms. The zero-order valence-corrected chi connectivity index (χ0v) is 20.3. The molecule has 1 aromatic heterocycles. The second kappa shape index (κ2) is 11.2. The van der Waals surface area contributed by atoms with E-state index in [0.29, 0.717) is 17.6 Å². The summed E-state index contributed by atoms with van der Waals surface area (Å²) in [6.07, 6.45) is 0.720. The van der Waals surface area contributed by atoms with Crippen LogP contribution in [0.5, 0.6) is 5.75 Å². The number of carbonyl (C=O) groups excluding carboxylic acids is 1. The van der Waals surface area contributed by atoms with Crippen LogP contribution >= 0.6 is 11.8 Å². The van der Waals surface area contributed by atoms with E-state index in [9.17, 15) is 4.79 Å². The second-order valence-corrected chi connectivity index (χ2v) is 8.90. The van der Waals surface area contributed by atoms with Crippen LogP contribution in [0.2, 0.25) is 0 Å². The summed E-state index contributed by atoms with van der Waals surface area (Å²) in [6, 6.07) is 16.1. The van der Waals surface area contributed by atoms with Gasteiger partial charge in [0.25, 0.3) is 0 Å². The molecule has 1 atom stereocenters. The van der Waals surface area contributed by atoms with Crippen molar-refractivity contribution in [2.75, 3.05) is 11.1 Å². The second-order valence-electron chi connectivity index (χ2n) is 7.96. The van der Waals surface area contributed by atoms with Crippen molar-refractivity contribution < 1.29 is 9.53 Å². The quantitative estimate of drug-likeness (QED) is 0.391. The minimum Gasteiger partial charge on any atom is -0.483 e. The van der Waals surface area contributed by atoms with Crippen molar-refractivity contribution in [2.45, 2.75) is 64.8 Å². The fraction of sp³-hybridized carbons (Fsp3) is 0.400. The topological polar surface area (TPSA) is 69.0 Å². The molecule has 0 aliphatic carbocycles. The van der Waals surface area contributed by atoms with Crippen molar-refractivity contribution in [3.05, 3.63) is 65.5 Å². The Morgan fingerprint density at radius 3 is 2.31 bits per heavy atom. The van der Waals surface area contributed by atoms with Gasteiger partial charge in [0.05, 0.1) is 5.75 Å². The normalized spacial score (nSPS) is 12.1. The van der Waals surface area contributed by atoms with Gasteiger partial charge < -0.3 is 14.6 Å². The number of anilines is 1. The highest BCUT2D eigenvalue weighted by atomic mass is 32.2. The third kappa shape index (κ3) is 6.13. The van der Waals surface area contributed by atoms with E-state index in [1.165, 1.54) is 22.9 Å². The first kappa shape index (κ1) is 23.9. The van der Waals surface area contributed by atoms with Crippen LogP contribution in [0.15, 0.2) is 53.7 Å². The number of aromatic nitrogens is 3. The van der Waals surface area contributed by atoms with Crippen LogP contribution in [-0.2, 0) is 17.8 Å². The number of ether oxygens (including phenoxy) is 1. The number of amides is 1. The monoisotopic (exact) mass is 452 g/mol. The Balaban J connectivity index is 1.60. The van der Waals surface area contributed by atoms with Crippen LogP contribution in [0, 0.1) is 0 Å². The number of thioether (sulfide) groups is 1. The van der Waals surface area contributed by atoms with Gasteiger partial charge in [-0.25, -0.2) is 0 Å². The molecule has 0 bridgehead atoms. The molecule has 1 heterocycles. The number of hydrogen-bond donors (Lipinski definition) is 1. The average molecular weight is 453 g/mol. The summed E-state index contributed by atoms with van der Waals surface area (Å²) in [7, 11) is 0. The molecular formula is C25H32N4O2S. The van der Waals surface area contributed by atoms with Gasteiger partial charge in [-0.05, 0) is 61.6 Å². The van der Waals surface area contributed by atoms with E-state index in [1.807, 2.05) is 54.8 Å². The van der Waals surface area contributed by atoms with Gasteiger partial charge in [-0.1, -0.05) is 56.8 Å². The summed E-state index contributed by atoms with van der Waals surface area (Å²) in [6.45, 7) is 11.2. The van der Waals surface area contributed by atoms with Crippen molar-refractivity contribution in [3.8, 4) is 5.75 Å². The first-order valence-electron chi connectivity index (χ1n) is 11.1. The summed E-state index contributed by atoms with van der Waals surface area (Å²) in [4.78, 5) is 12.4. The van der Waals surface area contributed by atoms with E-state index in [0.717, 1.165) is 23.7 Å². The summed E-state index contributed by atoms with van der Waals surface area (Å²) < 4.78 is 8.10.